The van der Waals surface area contributed by atoms with Gasteiger partial charge in [-0.2, -0.15) is 13.2 Å². The van der Waals surface area contributed by atoms with Gasteiger partial charge in [0.1, 0.15) is 5.75 Å². The van der Waals surface area contributed by atoms with Crippen LogP contribution < -0.4 is 10.3 Å². The first-order chi connectivity index (χ1) is 12.4. The fraction of sp³-hybridized carbons (Fsp3) is 0.389. The zero-order chi connectivity index (χ0) is 20.4. The summed E-state index contributed by atoms with van der Waals surface area (Å²) in [4.78, 5) is 11.9. The summed E-state index contributed by atoms with van der Waals surface area (Å²) < 4.78 is 67.7. The molecule has 2 aromatic rings. The van der Waals surface area contributed by atoms with E-state index in [1.807, 2.05) is 0 Å². The molecule has 148 valence electrons. The van der Waals surface area contributed by atoms with E-state index < -0.39 is 22.6 Å². The van der Waals surface area contributed by atoms with Crippen molar-refractivity contribution in [2.45, 2.75) is 25.8 Å². The fourth-order valence-electron chi connectivity index (χ4n) is 2.56. The molecule has 0 atom stereocenters. The zero-order valence-electron chi connectivity index (χ0n) is 15.1. The van der Waals surface area contributed by atoms with E-state index in [0.29, 0.717) is 22.3 Å². The smallest absolute Gasteiger partial charge is 0.422 e. The van der Waals surface area contributed by atoms with Crippen molar-refractivity contribution < 1.29 is 26.3 Å². The summed E-state index contributed by atoms with van der Waals surface area (Å²) in [5, 5.41) is 0. The van der Waals surface area contributed by atoms with Crippen molar-refractivity contribution >= 4 is 9.84 Å². The molecular formula is C18H20F3NO4S. The minimum absolute atomic E-state index is 0.0389. The van der Waals surface area contributed by atoms with Crippen LogP contribution >= 0.6 is 0 Å². The van der Waals surface area contributed by atoms with Gasteiger partial charge in [-0.1, -0.05) is 13.0 Å². The first kappa shape index (κ1) is 21.0. The maximum absolute atomic E-state index is 12.6. The number of rotatable bonds is 6. The highest BCUT2D eigenvalue weighted by molar-refractivity contribution is 7.90. The summed E-state index contributed by atoms with van der Waals surface area (Å²) in [7, 11) is -1.79. The predicted octanol–water partition coefficient (Wildman–Crippen LogP) is 3.24. The Labute approximate surface area is 155 Å². The third-order valence-corrected chi connectivity index (χ3v) is 5.59. The van der Waals surface area contributed by atoms with Gasteiger partial charge in [-0.25, -0.2) is 8.42 Å². The third-order valence-electron chi connectivity index (χ3n) is 3.94. The zero-order valence-corrected chi connectivity index (χ0v) is 15.9. The molecule has 9 heteroatoms. The topological polar surface area (TPSA) is 65.4 Å². The van der Waals surface area contributed by atoms with Crippen molar-refractivity contribution in [3.8, 4) is 16.9 Å². The van der Waals surface area contributed by atoms with Crippen LogP contribution in [0.15, 0.2) is 35.3 Å². The number of aryl methyl sites for hydroxylation is 2. The summed E-state index contributed by atoms with van der Waals surface area (Å²) in [5.74, 6) is -0.322. The fourth-order valence-corrected chi connectivity index (χ4v) is 3.45. The van der Waals surface area contributed by atoms with Crippen LogP contribution in [-0.4, -0.2) is 31.5 Å². The van der Waals surface area contributed by atoms with Crippen LogP contribution in [0.25, 0.3) is 11.1 Å². The molecule has 1 aromatic carbocycles. The molecule has 0 N–H and O–H groups in total. The van der Waals surface area contributed by atoms with Crippen LogP contribution in [-0.2, 0) is 22.6 Å². The first-order valence-corrected chi connectivity index (χ1v) is 9.94. The van der Waals surface area contributed by atoms with Gasteiger partial charge in [0.05, 0.1) is 5.75 Å². The SMILES string of the molecule is CCS(=O)(=O)Cc1ccc(OCC(F)(F)F)c(-c2cc(C)c(=O)n(C)c2)c1. The molecule has 0 spiro atoms. The second-order valence-electron chi connectivity index (χ2n) is 6.24. The molecule has 0 radical (unpaired) electrons. The Hall–Kier alpha value is -2.29. The van der Waals surface area contributed by atoms with Gasteiger partial charge in [0.25, 0.3) is 5.56 Å². The van der Waals surface area contributed by atoms with Crippen molar-refractivity contribution in [2.75, 3.05) is 12.4 Å². The molecule has 0 saturated carbocycles. The standard InChI is InChI=1S/C18H20F3NO4S/c1-4-27(24,25)10-13-5-6-16(26-11-18(19,20)21)15(8-13)14-7-12(2)17(23)22(3)9-14/h5-9H,4,10-11H2,1-3H3. The van der Waals surface area contributed by atoms with E-state index in [9.17, 15) is 26.4 Å². The summed E-state index contributed by atoms with van der Waals surface area (Å²) in [6, 6.07) is 5.77. The Morgan fingerprint density at radius 1 is 1.19 bits per heavy atom. The van der Waals surface area contributed by atoms with E-state index in [1.54, 1.807) is 6.92 Å². The van der Waals surface area contributed by atoms with Crippen LogP contribution in [0.1, 0.15) is 18.1 Å². The molecule has 2 rings (SSSR count). The molecule has 0 fully saturated rings. The lowest BCUT2D eigenvalue weighted by atomic mass is 10.0. The molecule has 27 heavy (non-hydrogen) atoms. The highest BCUT2D eigenvalue weighted by Crippen LogP contribution is 2.33. The summed E-state index contributed by atoms with van der Waals surface area (Å²) in [6.45, 7) is 1.64. The van der Waals surface area contributed by atoms with Crippen LogP contribution in [0, 0.1) is 6.92 Å². The van der Waals surface area contributed by atoms with Crippen molar-refractivity contribution in [3.63, 3.8) is 0 Å². The molecule has 1 heterocycles. The molecule has 0 amide bonds. The van der Waals surface area contributed by atoms with Gasteiger partial charge in [0.2, 0.25) is 0 Å². The van der Waals surface area contributed by atoms with E-state index in [2.05, 4.69) is 0 Å². The predicted molar refractivity (Wildman–Crippen MR) is 96.6 cm³/mol. The largest absolute Gasteiger partial charge is 0.483 e. The molecule has 0 unspecified atom stereocenters. The Morgan fingerprint density at radius 2 is 1.85 bits per heavy atom. The third kappa shape index (κ3) is 5.59. The number of benzene rings is 1. The normalized spacial score (nSPS) is 12.2. The molecule has 0 bridgehead atoms. The average molecular weight is 403 g/mol. The van der Waals surface area contributed by atoms with E-state index in [4.69, 9.17) is 4.74 Å². The lowest BCUT2D eigenvalue weighted by Gasteiger charge is -2.16. The van der Waals surface area contributed by atoms with E-state index in [0.717, 1.165) is 0 Å². The maximum atomic E-state index is 12.6. The number of nitrogens with zero attached hydrogens (tertiary/aromatic N) is 1. The summed E-state index contributed by atoms with van der Waals surface area (Å²) in [6.07, 6.45) is -3.04. The number of hydrogen-bond donors (Lipinski definition) is 0. The second kappa shape index (κ2) is 7.75. The van der Waals surface area contributed by atoms with Gasteiger partial charge < -0.3 is 9.30 Å². The Bertz CT molecular complexity index is 968. The van der Waals surface area contributed by atoms with Gasteiger partial charge in [0, 0.05) is 35.7 Å². The van der Waals surface area contributed by atoms with Crippen LogP contribution in [0.2, 0.25) is 0 Å². The highest BCUT2D eigenvalue weighted by Gasteiger charge is 2.29. The number of alkyl halides is 3. The van der Waals surface area contributed by atoms with Crippen LogP contribution in [0.3, 0.4) is 0 Å². The molecule has 0 aliphatic rings. The van der Waals surface area contributed by atoms with Crippen molar-refractivity contribution in [1.82, 2.24) is 4.57 Å². The lowest BCUT2D eigenvalue weighted by Crippen LogP contribution is -2.20. The van der Waals surface area contributed by atoms with Gasteiger partial charge in [-0.3, -0.25) is 4.79 Å². The lowest BCUT2D eigenvalue weighted by molar-refractivity contribution is -0.153. The number of aromatic nitrogens is 1. The minimum atomic E-state index is -4.51. The van der Waals surface area contributed by atoms with Crippen molar-refractivity contribution in [1.29, 1.82) is 0 Å². The number of hydrogen-bond acceptors (Lipinski definition) is 4. The molecule has 5 nitrogen and oxygen atoms in total. The monoisotopic (exact) mass is 403 g/mol. The maximum Gasteiger partial charge on any atom is 0.422 e. The minimum Gasteiger partial charge on any atom is -0.483 e. The second-order valence-corrected chi connectivity index (χ2v) is 8.59. The number of sulfone groups is 1. The highest BCUT2D eigenvalue weighted by atomic mass is 32.2. The Kier molecular flexibility index (Phi) is 6.04. The molecule has 1 aromatic heterocycles. The number of pyridine rings is 1. The summed E-state index contributed by atoms with van der Waals surface area (Å²) >= 11 is 0. The van der Waals surface area contributed by atoms with E-state index >= 15 is 0 Å². The molecule has 0 saturated heterocycles. The van der Waals surface area contributed by atoms with Crippen LogP contribution in [0.4, 0.5) is 13.2 Å². The Morgan fingerprint density at radius 3 is 2.41 bits per heavy atom. The first-order valence-electron chi connectivity index (χ1n) is 8.12. The van der Waals surface area contributed by atoms with Crippen LogP contribution in [0.5, 0.6) is 5.75 Å². The van der Waals surface area contributed by atoms with Gasteiger partial charge >= 0.3 is 6.18 Å². The van der Waals surface area contributed by atoms with Gasteiger partial charge in [-0.15, -0.1) is 0 Å². The van der Waals surface area contributed by atoms with Crippen molar-refractivity contribution in [3.05, 3.63) is 51.9 Å². The molecule has 0 aliphatic carbocycles. The summed E-state index contributed by atoms with van der Waals surface area (Å²) in [5.41, 5.74) is 1.35. The van der Waals surface area contributed by atoms with Gasteiger partial charge in [0.15, 0.2) is 16.4 Å². The Balaban J connectivity index is 2.56. The molecule has 0 aliphatic heterocycles. The molecular weight excluding hydrogens is 383 g/mol. The quantitative estimate of drug-likeness (QED) is 0.743. The number of ether oxygens (including phenoxy) is 1. The van der Waals surface area contributed by atoms with E-state index in [1.165, 1.54) is 49.0 Å². The van der Waals surface area contributed by atoms with E-state index in [-0.39, 0.29) is 22.8 Å². The average Bonchev–Trinajstić information content (AvgIpc) is 2.57. The number of halogens is 3. The van der Waals surface area contributed by atoms with Crippen molar-refractivity contribution in [2.24, 2.45) is 7.05 Å². The van der Waals surface area contributed by atoms with Gasteiger partial charge in [-0.05, 0) is 30.7 Å².